The average molecular weight is 334 g/mol. The first-order valence-corrected chi connectivity index (χ1v) is 7.35. The highest BCUT2D eigenvalue weighted by Gasteiger charge is 2.20. The fraction of sp³-hybridized carbons (Fsp3) is 0.286. The van der Waals surface area contributed by atoms with E-state index in [4.69, 9.17) is 5.73 Å². The zero-order chi connectivity index (χ0) is 13.9. The number of nitrogen functional groups attached to an aromatic ring is 1. The van der Waals surface area contributed by atoms with Gasteiger partial charge in [0.05, 0.1) is 5.69 Å². The maximum absolute atomic E-state index is 5.78. The molecule has 0 bridgehead atoms. The molecule has 6 heteroatoms. The van der Waals surface area contributed by atoms with Crippen molar-refractivity contribution in [3.63, 3.8) is 0 Å². The monoisotopic (exact) mass is 333 g/mol. The SMILES string of the molecule is Nc1ccc(N2CCN(c3ncccn3)CC2)c(Br)c1. The van der Waals surface area contributed by atoms with Crippen LogP contribution >= 0.6 is 15.9 Å². The van der Waals surface area contributed by atoms with E-state index in [1.165, 1.54) is 5.69 Å². The van der Waals surface area contributed by atoms with Gasteiger partial charge in [-0.15, -0.1) is 0 Å². The summed E-state index contributed by atoms with van der Waals surface area (Å²) in [6.45, 7) is 3.73. The summed E-state index contributed by atoms with van der Waals surface area (Å²) in [4.78, 5) is 13.2. The third kappa shape index (κ3) is 2.70. The fourth-order valence-corrected chi connectivity index (χ4v) is 3.03. The molecule has 0 amide bonds. The van der Waals surface area contributed by atoms with Crippen molar-refractivity contribution in [2.24, 2.45) is 0 Å². The van der Waals surface area contributed by atoms with Crippen LogP contribution < -0.4 is 15.5 Å². The van der Waals surface area contributed by atoms with Crippen molar-refractivity contribution in [2.45, 2.75) is 0 Å². The van der Waals surface area contributed by atoms with Gasteiger partial charge >= 0.3 is 0 Å². The number of piperazine rings is 1. The minimum atomic E-state index is 0.775. The molecule has 1 fully saturated rings. The number of aromatic nitrogens is 2. The van der Waals surface area contributed by atoms with Crippen LogP contribution in [0.2, 0.25) is 0 Å². The molecule has 1 saturated heterocycles. The van der Waals surface area contributed by atoms with Gasteiger partial charge in [0.1, 0.15) is 0 Å². The van der Waals surface area contributed by atoms with E-state index in [0.717, 1.165) is 42.3 Å². The van der Waals surface area contributed by atoms with E-state index in [-0.39, 0.29) is 0 Å². The lowest BCUT2D eigenvalue weighted by molar-refractivity contribution is 0.639. The van der Waals surface area contributed by atoms with Crippen LogP contribution in [0, 0.1) is 0 Å². The van der Waals surface area contributed by atoms with Crippen LogP contribution in [0.3, 0.4) is 0 Å². The molecule has 0 spiro atoms. The first-order valence-electron chi connectivity index (χ1n) is 6.56. The molecule has 5 nitrogen and oxygen atoms in total. The molecule has 2 heterocycles. The number of hydrogen-bond donors (Lipinski definition) is 1. The van der Waals surface area contributed by atoms with E-state index in [9.17, 15) is 0 Å². The molecule has 0 saturated carbocycles. The van der Waals surface area contributed by atoms with Crippen LogP contribution in [0.1, 0.15) is 0 Å². The van der Waals surface area contributed by atoms with Crippen LogP contribution in [-0.2, 0) is 0 Å². The molecule has 1 aliphatic heterocycles. The number of halogens is 1. The van der Waals surface area contributed by atoms with E-state index < -0.39 is 0 Å². The zero-order valence-electron chi connectivity index (χ0n) is 11.0. The lowest BCUT2D eigenvalue weighted by Gasteiger charge is -2.36. The van der Waals surface area contributed by atoms with Gasteiger partial charge in [-0.3, -0.25) is 0 Å². The van der Waals surface area contributed by atoms with Crippen molar-refractivity contribution in [3.8, 4) is 0 Å². The Kier molecular flexibility index (Phi) is 3.73. The minimum absolute atomic E-state index is 0.775. The second-order valence-electron chi connectivity index (χ2n) is 4.73. The Morgan fingerprint density at radius 2 is 1.65 bits per heavy atom. The predicted molar refractivity (Wildman–Crippen MR) is 85.0 cm³/mol. The summed E-state index contributed by atoms with van der Waals surface area (Å²) < 4.78 is 1.04. The summed E-state index contributed by atoms with van der Waals surface area (Å²) in [5.41, 5.74) is 7.74. The van der Waals surface area contributed by atoms with Gasteiger partial charge in [-0.2, -0.15) is 0 Å². The number of rotatable bonds is 2. The van der Waals surface area contributed by atoms with Gasteiger partial charge < -0.3 is 15.5 Å². The van der Waals surface area contributed by atoms with Crippen molar-refractivity contribution in [1.29, 1.82) is 0 Å². The molecular weight excluding hydrogens is 318 g/mol. The Morgan fingerprint density at radius 3 is 2.30 bits per heavy atom. The van der Waals surface area contributed by atoms with Crippen LogP contribution in [0.15, 0.2) is 41.1 Å². The Morgan fingerprint density at radius 1 is 1.00 bits per heavy atom. The molecule has 1 aliphatic rings. The number of benzene rings is 1. The molecule has 104 valence electrons. The number of nitrogens with zero attached hydrogens (tertiary/aromatic N) is 4. The van der Waals surface area contributed by atoms with E-state index >= 15 is 0 Å². The van der Waals surface area contributed by atoms with Crippen molar-refractivity contribution in [3.05, 3.63) is 41.1 Å². The van der Waals surface area contributed by atoms with Gasteiger partial charge in [0, 0.05) is 48.7 Å². The second kappa shape index (κ2) is 5.66. The number of nitrogens with two attached hydrogens (primary N) is 1. The second-order valence-corrected chi connectivity index (χ2v) is 5.59. The third-order valence-electron chi connectivity index (χ3n) is 3.43. The first-order chi connectivity index (χ1) is 9.74. The van der Waals surface area contributed by atoms with Crippen LogP contribution in [0.4, 0.5) is 17.3 Å². The van der Waals surface area contributed by atoms with Crippen LogP contribution in [0.25, 0.3) is 0 Å². The van der Waals surface area contributed by atoms with Gasteiger partial charge in [0.25, 0.3) is 0 Å². The molecular formula is C14H16BrN5. The van der Waals surface area contributed by atoms with E-state index in [1.54, 1.807) is 12.4 Å². The maximum Gasteiger partial charge on any atom is 0.225 e. The van der Waals surface area contributed by atoms with Gasteiger partial charge in [0.15, 0.2) is 0 Å². The smallest absolute Gasteiger partial charge is 0.225 e. The molecule has 1 aromatic carbocycles. The van der Waals surface area contributed by atoms with Crippen LogP contribution in [0.5, 0.6) is 0 Å². The highest BCUT2D eigenvalue weighted by molar-refractivity contribution is 9.10. The largest absolute Gasteiger partial charge is 0.399 e. The first kappa shape index (κ1) is 13.2. The lowest BCUT2D eigenvalue weighted by Crippen LogP contribution is -2.47. The third-order valence-corrected chi connectivity index (χ3v) is 4.06. The van der Waals surface area contributed by atoms with Crippen LogP contribution in [-0.4, -0.2) is 36.1 Å². The molecule has 0 atom stereocenters. The summed E-state index contributed by atoms with van der Waals surface area (Å²) >= 11 is 3.58. The Labute approximate surface area is 126 Å². The highest BCUT2D eigenvalue weighted by atomic mass is 79.9. The minimum Gasteiger partial charge on any atom is -0.399 e. The zero-order valence-corrected chi connectivity index (χ0v) is 12.6. The van der Waals surface area contributed by atoms with E-state index in [0.29, 0.717) is 0 Å². The average Bonchev–Trinajstić information content (AvgIpc) is 2.48. The van der Waals surface area contributed by atoms with Crippen molar-refractivity contribution >= 4 is 33.3 Å². The van der Waals surface area contributed by atoms with Gasteiger partial charge in [-0.1, -0.05) is 0 Å². The number of anilines is 3. The lowest BCUT2D eigenvalue weighted by atomic mass is 10.2. The Bertz CT molecular complexity index is 581. The van der Waals surface area contributed by atoms with E-state index in [1.807, 2.05) is 18.2 Å². The molecule has 2 N–H and O–H groups in total. The molecule has 0 unspecified atom stereocenters. The predicted octanol–water partition coefficient (Wildman–Crippen LogP) is 2.15. The molecule has 3 rings (SSSR count). The molecule has 0 radical (unpaired) electrons. The summed E-state index contributed by atoms with van der Waals surface area (Å²) in [5, 5.41) is 0. The molecule has 0 aliphatic carbocycles. The standard InChI is InChI=1S/C14H16BrN5/c15-12-10-11(16)2-3-13(12)19-6-8-20(9-7-19)14-17-4-1-5-18-14/h1-5,10H,6-9,16H2. The highest BCUT2D eigenvalue weighted by Crippen LogP contribution is 2.29. The Balaban J connectivity index is 1.69. The summed E-state index contributed by atoms with van der Waals surface area (Å²) in [5.74, 6) is 0.809. The maximum atomic E-state index is 5.78. The van der Waals surface area contributed by atoms with Gasteiger partial charge in [-0.25, -0.2) is 9.97 Å². The summed E-state index contributed by atoms with van der Waals surface area (Å²) in [7, 11) is 0. The van der Waals surface area contributed by atoms with Gasteiger partial charge in [0.2, 0.25) is 5.95 Å². The van der Waals surface area contributed by atoms with Gasteiger partial charge in [-0.05, 0) is 40.2 Å². The normalized spacial score (nSPS) is 15.4. The van der Waals surface area contributed by atoms with Crippen molar-refractivity contribution < 1.29 is 0 Å². The van der Waals surface area contributed by atoms with Crippen molar-refractivity contribution in [1.82, 2.24) is 9.97 Å². The fourth-order valence-electron chi connectivity index (χ4n) is 2.38. The van der Waals surface area contributed by atoms with Crippen molar-refractivity contribution in [2.75, 3.05) is 41.7 Å². The van der Waals surface area contributed by atoms with E-state index in [2.05, 4.69) is 41.8 Å². The molecule has 20 heavy (non-hydrogen) atoms. The molecule has 1 aromatic heterocycles. The number of hydrogen-bond acceptors (Lipinski definition) is 5. The summed E-state index contributed by atoms with van der Waals surface area (Å²) in [6.07, 6.45) is 3.57. The quantitative estimate of drug-likeness (QED) is 0.853. The summed E-state index contributed by atoms with van der Waals surface area (Å²) in [6, 6.07) is 7.79. The molecule has 2 aromatic rings. The Hall–Kier alpha value is -1.82. The topological polar surface area (TPSA) is 58.3 Å².